The van der Waals surface area contributed by atoms with Crippen LogP contribution in [0.5, 0.6) is 0 Å². The average molecular weight is 248 g/mol. The van der Waals surface area contributed by atoms with E-state index < -0.39 is 0 Å². The van der Waals surface area contributed by atoms with E-state index in [9.17, 15) is 5.11 Å². The second kappa shape index (κ2) is 6.91. The summed E-state index contributed by atoms with van der Waals surface area (Å²) in [5.41, 5.74) is 1.36. The molecule has 0 aromatic heterocycles. The summed E-state index contributed by atoms with van der Waals surface area (Å²) in [4.78, 5) is 0. The number of hydrogen-bond donors (Lipinski definition) is 1. The van der Waals surface area contributed by atoms with Crippen LogP contribution in [-0.4, -0.2) is 23.9 Å². The third-order valence-electron chi connectivity index (χ3n) is 3.83. The first-order chi connectivity index (χ1) is 8.79. The summed E-state index contributed by atoms with van der Waals surface area (Å²) in [7, 11) is 0. The fraction of sp³-hybridized carbons (Fsp3) is 0.625. The Morgan fingerprint density at radius 3 is 2.67 bits per heavy atom. The molecule has 0 amide bonds. The van der Waals surface area contributed by atoms with Crippen molar-refractivity contribution in [3.63, 3.8) is 0 Å². The van der Waals surface area contributed by atoms with Crippen LogP contribution < -0.4 is 0 Å². The first kappa shape index (κ1) is 13.6. The summed E-state index contributed by atoms with van der Waals surface area (Å²) in [5, 5.41) is 10.0. The van der Waals surface area contributed by atoms with E-state index in [2.05, 4.69) is 31.2 Å². The van der Waals surface area contributed by atoms with Gasteiger partial charge in [0.05, 0.1) is 18.8 Å². The molecular weight excluding hydrogens is 224 g/mol. The van der Waals surface area contributed by atoms with Crippen LogP contribution in [0.25, 0.3) is 0 Å². The smallest absolute Gasteiger partial charge is 0.0838 e. The van der Waals surface area contributed by atoms with Gasteiger partial charge in [-0.15, -0.1) is 0 Å². The highest BCUT2D eigenvalue weighted by Gasteiger charge is 2.32. The number of aliphatic hydroxyl groups excluding tert-OH is 1. The van der Waals surface area contributed by atoms with E-state index in [1.54, 1.807) is 0 Å². The van der Waals surface area contributed by atoms with Crippen LogP contribution >= 0.6 is 0 Å². The molecule has 1 saturated heterocycles. The molecule has 1 aliphatic rings. The molecule has 0 saturated carbocycles. The van der Waals surface area contributed by atoms with Crippen molar-refractivity contribution in [2.24, 2.45) is 5.92 Å². The second-order valence-electron chi connectivity index (χ2n) is 5.31. The van der Waals surface area contributed by atoms with Gasteiger partial charge in [0.2, 0.25) is 0 Å². The Hall–Kier alpha value is -0.860. The highest BCUT2D eigenvalue weighted by molar-refractivity contribution is 5.14. The van der Waals surface area contributed by atoms with Crippen molar-refractivity contribution in [3.05, 3.63) is 35.9 Å². The molecule has 0 radical (unpaired) electrons. The van der Waals surface area contributed by atoms with Gasteiger partial charge in [-0.1, -0.05) is 43.7 Å². The molecule has 1 fully saturated rings. The molecule has 2 heteroatoms. The molecule has 0 bridgehead atoms. The van der Waals surface area contributed by atoms with Crippen molar-refractivity contribution < 1.29 is 9.84 Å². The lowest BCUT2D eigenvalue weighted by Gasteiger charge is -2.17. The Labute approximate surface area is 110 Å². The van der Waals surface area contributed by atoms with E-state index in [0.717, 1.165) is 38.7 Å². The standard InChI is InChI=1S/C16H24O2/c1-2-14(16-12-18-16)11-15(17)10-6-9-13-7-4-3-5-8-13/h3-5,7-8,14-17H,2,6,9-12H2,1H3. The molecule has 3 atom stereocenters. The summed E-state index contributed by atoms with van der Waals surface area (Å²) >= 11 is 0. The average Bonchev–Trinajstić information content (AvgIpc) is 3.21. The maximum atomic E-state index is 10.0. The highest BCUT2D eigenvalue weighted by Crippen LogP contribution is 2.28. The quantitative estimate of drug-likeness (QED) is 0.717. The lowest BCUT2D eigenvalue weighted by molar-refractivity contribution is 0.120. The second-order valence-corrected chi connectivity index (χ2v) is 5.31. The van der Waals surface area contributed by atoms with Crippen LogP contribution in [0.3, 0.4) is 0 Å². The number of rotatable bonds is 8. The molecular formula is C16H24O2. The van der Waals surface area contributed by atoms with Crippen molar-refractivity contribution in [1.29, 1.82) is 0 Å². The molecule has 1 heterocycles. The normalized spacial score (nSPS) is 21.6. The zero-order chi connectivity index (χ0) is 12.8. The largest absolute Gasteiger partial charge is 0.393 e. The Balaban J connectivity index is 1.63. The zero-order valence-corrected chi connectivity index (χ0v) is 11.2. The van der Waals surface area contributed by atoms with Crippen molar-refractivity contribution >= 4 is 0 Å². The van der Waals surface area contributed by atoms with Gasteiger partial charge in [-0.2, -0.15) is 0 Å². The third kappa shape index (κ3) is 4.43. The van der Waals surface area contributed by atoms with Crippen molar-refractivity contribution in [1.82, 2.24) is 0 Å². The van der Waals surface area contributed by atoms with Gasteiger partial charge in [0, 0.05) is 0 Å². The van der Waals surface area contributed by atoms with Gasteiger partial charge in [-0.3, -0.25) is 0 Å². The minimum absolute atomic E-state index is 0.164. The van der Waals surface area contributed by atoms with Crippen LogP contribution in [0, 0.1) is 5.92 Å². The SMILES string of the molecule is CCC(CC(O)CCCc1ccccc1)C1CO1. The Morgan fingerprint density at radius 1 is 1.33 bits per heavy atom. The van der Waals surface area contributed by atoms with Gasteiger partial charge in [0.25, 0.3) is 0 Å². The fourth-order valence-corrected chi connectivity index (χ4v) is 2.56. The Bertz CT molecular complexity index is 332. The fourth-order valence-electron chi connectivity index (χ4n) is 2.56. The van der Waals surface area contributed by atoms with Gasteiger partial charge in [-0.05, 0) is 37.2 Å². The van der Waals surface area contributed by atoms with Gasteiger partial charge in [0.15, 0.2) is 0 Å². The van der Waals surface area contributed by atoms with Gasteiger partial charge >= 0.3 is 0 Å². The molecule has 1 N–H and O–H groups in total. The van der Waals surface area contributed by atoms with E-state index in [-0.39, 0.29) is 6.10 Å². The predicted molar refractivity (Wildman–Crippen MR) is 73.5 cm³/mol. The van der Waals surface area contributed by atoms with Crippen LogP contribution in [-0.2, 0) is 11.2 Å². The number of hydrogen-bond acceptors (Lipinski definition) is 2. The molecule has 0 spiro atoms. The maximum absolute atomic E-state index is 10.0. The van der Waals surface area contributed by atoms with Crippen molar-refractivity contribution in [2.45, 2.75) is 51.2 Å². The predicted octanol–water partition coefficient (Wildman–Crippen LogP) is 3.19. The molecule has 1 aliphatic heterocycles. The molecule has 1 aromatic carbocycles. The molecule has 2 nitrogen and oxygen atoms in total. The van der Waals surface area contributed by atoms with E-state index >= 15 is 0 Å². The molecule has 3 unspecified atom stereocenters. The van der Waals surface area contributed by atoms with E-state index in [1.165, 1.54) is 5.56 Å². The third-order valence-corrected chi connectivity index (χ3v) is 3.83. The first-order valence-corrected chi connectivity index (χ1v) is 7.13. The zero-order valence-electron chi connectivity index (χ0n) is 11.2. The van der Waals surface area contributed by atoms with Gasteiger partial charge in [-0.25, -0.2) is 0 Å². The highest BCUT2D eigenvalue weighted by atomic mass is 16.6. The lowest BCUT2D eigenvalue weighted by Crippen LogP contribution is -2.17. The van der Waals surface area contributed by atoms with Gasteiger partial charge in [0.1, 0.15) is 0 Å². The van der Waals surface area contributed by atoms with Gasteiger partial charge < -0.3 is 9.84 Å². The Kier molecular flexibility index (Phi) is 5.21. The number of aliphatic hydroxyl groups is 1. The number of ether oxygens (including phenoxy) is 1. The summed E-state index contributed by atoms with van der Waals surface area (Å²) in [6, 6.07) is 10.5. The first-order valence-electron chi connectivity index (χ1n) is 7.13. The minimum Gasteiger partial charge on any atom is -0.393 e. The Morgan fingerprint density at radius 2 is 2.06 bits per heavy atom. The minimum atomic E-state index is -0.164. The summed E-state index contributed by atoms with van der Waals surface area (Å²) in [5.74, 6) is 0.553. The molecule has 1 aromatic rings. The molecule has 2 rings (SSSR count). The molecule has 100 valence electrons. The van der Waals surface area contributed by atoms with E-state index in [1.807, 2.05) is 6.07 Å². The van der Waals surface area contributed by atoms with Crippen molar-refractivity contribution in [3.8, 4) is 0 Å². The lowest BCUT2D eigenvalue weighted by atomic mass is 9.93. The number of epoxide rings is 1. The molecule has 18 heavy (non-hydrogen) atoms. The maximum Gasteiger partial charge on any atom is 0.0838 e. The van der Waals surface area contributed by atoms with Crippen LogP contribution in [0.1, 0.15) is 38.2 Å². The summed E-state index contributed by atoms with van der Waals surface area (Å²) in [6.45, 7) is 3.08. The number of benzene rings is 1. The topological polar surface area (TPSA) is 32.8 Å². The van der Waals surface area contributed by atoms with E-state index in [0.29, 0.717) is 12.0 Å². The van der Waals surface area contributed by atoms with Crippen molar-refractivity contribution in [2.75, 3.05) is 6.61 Å². The summed E-state index contributed by atoms with van der Waals surface area (Å²) < 4.78 is 5.33. The van der Waals surface area contributed by atoms with Crippen LogP contribution in [0.2, 0.25) is 0 Å². The van der Waals surface area contributed by atoms with Crippen LogP contribution in [0.4, 0.5) is 0 Å². The molecule has 0 aliphatic carbocycles. The van der Waals surface area contributed by atoms with Crippen LogP contribution in [0.15, 0.2) is 30.3 Å². The monoisotopic (exact) mass is 248 g/mol. The summed E-state index contributed by atoms with van der Waals surface area (Å²) in [6.07, 6.45) is 5.30. The number of aryl methyl sites for hydroxylation is 1. The van der Waals surface area contributed by atoms with E-state index in [4.69, 9.17) is 4.74 Å².